The number of rotatable bonds is 3. The van der Waals surface area contributed by atoms with Crippen LogP contribution in [0.25, 0.3) is 0 Å². The van der Waals surface area contributed by atoms with Crippen LogP contribution >= 0.6 is 11.3 Å². The van der Waals surface area contributed by atoms with Crippen molar-refractivity contribution < 1.29 is 19.4 Å². The lowest BCUT2D eigenvalue weighted by Crippen LogP contribution is -2.39. The van der Waals surface area contributed by atoms with Gasteiger partial charge in [-0.05, 0) is 11.4 Å². The maximum Gasteiger partial charge on any atom is 0.310 e. The molecular formula is C14H13NO4S. The summed E-state index contributed by atoms with van der Waals surface area (Å²) in [4.78, 5) is 26.8. The van der Waals surface area contributed by atoms with Gasteiger partial charge in [-0.15, -0.1) is 11.3 Å². The van der Waals surface area contributed by atoms with E-state index < -0.39 is 29.5 Å². The Morgan fingerprint density at radius 2 is 2.45 bits per heavy atom. The summed E-state index contributed by atoms with van der Waals surface area (Å²) >= 11 is 1.59. The lowest BCUT2D eigenvalue weighted by molar-refractivity contribution is -0.148. The van der Waals surface area contributed by atoms with Crippen LogP contribution in [-0.4, -0.2) is 40.1 Å². The van der Waals surface area contributed by atoms with Gasteiger partial charge in [0, 0.05) is 4.88 Å². The van der Waals surface area contributed by atoms with Crippen molar-refractivity contribution in [2.24, 2.45) is 11.8 Å². The molecule has 0 radical (unpaired) electrons. The van der Waals surface area contributed by atoms with E-state index >= 15 is 0 Å². The van der Waals surface area contributed by atoms with Crippen LogP contribution in [0.3, 0.4) is 0 Å². The predicted molar refractivity (Wildman–Crippen MR) is 71.1 cm³/mol. The van der Waals surface area contributed by atoms with Gasteiger partial charge in [0.2, 0.25) is 5.91 Å². The number of likely N-dealkylation sites (tertiary alicyclic amines) is 1. The number of aliphatic carboxylic acids is 1. The van der Waals surface area contributed by atoms with E-state index in [9.17, 15) is 14.7 Å². The van der Waals surface area contributed by atoms with Crippen LogP contribution in [0.5, 0.6) is 0 Å². The fraction of sp³-hybridized carbons (Fsp3) is 0.429. The molecule has 0 aromatic carbocycles. The van der Waals surface area contributed by atoms with E-state index in [1.165, 1.54) is 0 Å². The average Bonchev–Trinajstić information content (AvgIpc) is 3.12. The fourth-order valence-corrected chi connectivity index (χ4v) is 4.30. The van der Waals surface area contributed by atoms with Crippen molar-refractivity contribution >= 4 is 23.2 Å². The smallest absolute Gasteiger partial charge is 0.310 e. The van der Waals surface area contributed by atoms with Crippen LogP contribution in [0.4, 0.5) is 0 Å². The van der Waals surface area contributed by atoms with Gasteiger partial charge < -0.3 is 14.7 Å². The standard InChI is InChI=1S/C14H13NO4S/c16-12-11-10(13(17)18)9-3-4-14(11,19-9)7-15(12)6-8-2-1-5-20-8/h1-5,9-11H,6-7H2,(H,17,18)/t9-,10-,11+,14-/m1/s1. The molecule has 0 unspecified atom stereocenters. The van der Waals surface area contributed by atoms with Crippen molar-refractivity contribution in [3.8, 4) is 0 Å². The van der Waals surface area contributed by atoms with Crippen molar-refractivity contribution in [3.63, 3.8) is 0 Å². The Morgan fingerprint density at radius 1 is 1.60 bits per heavy atom. The highest BCUT2D eigenvalue weighted by atomic mass is 32.1. The van der Waals surface area contributed by atoms with Gasteiger partial charge in [0.15, 0.2) is 0 Å². The number of carboxylic acid groups (broad SMARTS) is 1. The quantitative estimate of drug-likeness (QED) is 0.847. The number of nitrogens with zero attached hydrogens (tertiary/aromatic N) is 1. The van der Waals surface area contributed by atoms with E-state index in [4.69, 9.17) is 4.74 Å². The second-order valence-electron chi connectivity index (χ2n) is 5.51. The predicted octanol–water partition coefficient (Wildman–Crippen LogP) is 1.11. The Kier molecular flexibility index (Phi) is 2.38. The number of carbonyl (C=O) groups excluding carboxylic acids is 1. The second kappa shape index (κ2) is 3.93. The largest absolute Gasteiger partial charge is 0.481 e. The molecule has 1 aromatic rings. The number of thiophene rings is 1. The van der Waals surface area contributed by atoms with Crippen LogP contribution < -0.4 is 0 Å². The average molecular weight is 291 g/mol. The summed E-state index contributed by atoms with van der Waals surface area (Å²) in [7, 11) is 0. The Balaban J connectivity index is 1.65. The van der Waals surface area contributed by atoms with Gasteiger partial charge in [0.05, 0.1) is 25.1 Å². The first kappa shape index (κ1) is 12.1. The molecule has 2 saturated heterocycles. The highest BCUT2D eigenvalue weighted by Gasteiger charge is 2.66. The number of amides is 1. The van der Waals surface area contributed by atoms with Gasteiger partial charge in [0.25, 0.3) is 0 Å². The SMILES string of the molecule is O=C(O)[C@H]1[C@H]2C(=O)N(Cc3cccs3)C[C@]23C=C[C@H]1O3. The van der Waals surface area contributed by atoms with Gasteiger partial charge >= 0.3 is 5.97 Å². The molecule has 104 valence electrons. The Bertz CT molecular complexity index is 611. The Hall–Kier alpha value is -1.66. The zero-order chi connectivity index (χ0) is 13.9. The minimum atomic E-state index is -0.947. The first-order valence-electron chi connectivity index (χ1n) is 6.52. The molecule has 0 saturated carbocycles. The van der Waals surface area contributed by atoms with E-state index in [-0.39, 0.29) is 5.91 Å². The summed E-state index contributed by atoms with van der Waals surface area (Å²) in [5.41, 5.74) is -0.720. The van der Waals surface area contributed by atoms with Crippen LogP contribution in [0.2, 0.25) is 0 Å². The number of hydrogen-bond acceptors (Lipinski definition) is 4. The molecule has 2 fully saturated rings. The highest BCUT2D eigenvalue weighted by molar-refractivity contribution is 7.09. The molecular weight excluding hydrogens is 278 g/mol. The molecule has 3 aliphatic rings. The Labute approximate surface area is 119 Å². The van der Waals surface area contributed by atoms with Crippen molar-refractivity contribution in [1.82, 2.24) is 4.90 Å². The molecule has 4 atom stereocenters. The number of carboxylic acids is 1. The van der Waals surface area contributed by atoms with Crippen molar-refractivity contribution in [1.29, 1.82) is 0 Å². The maximum atomic E-state index is 12.6. The fourth-order valence-electron chi connectivity index (χ4n) is 3.58. The molecule has 0 aliphatic carbocycles. The van der Waals surface area contributed by atoms with E-state index in [1.54, 1.807) is 22.3 Å². The lowest BCUT2D eigenvalue weighted by atomic mass is 9.77. The second-order valence-corrected chi connectivity index (χ2v) is 6.54. The zero-order valence-electron chi connectivity index (χ0n) is 10.6. The molecule has 1 N–H and O–H groups in total. The normalized spacial score (nSPS) is 37.7. The molecule has 5 nitrogen and oxygen atoms in total. The number of carbonyl (C=O) groups is 2. The van der Waals surface area contributed by atoms with Crippen molar-refractivity contribution in [2.45, 2.75) is 18.2 Å². The summed E-state index contributed by atoms with van der Waals surface area (Å²) in [5.74, 6) is -2.37. The summed E-state index contributed by atoms with van der Waals surface area (Å²) in [6, 6.07) is 3.92. The molecule has 1 amide bonds. The summed E-state index contributed by atoms with van der Waals surface area (Å²) in [6.07, 6.45) is 3.22. The first-order chi connectivity index (χ1) is 9.61. The minimum Gasteiger partial charge on any atom is -0.481 e. The van der Waals surface area contributed by atoms with Crippen molar-refractivity contribution in [2.75, 3.05) is 6.54 Å². The molecule has 20 heavy (non-hydrogen) atoms. The third-order valence-electron chi connectivity index (χ3n) is 4.39. The molecule has 4 heterocycles. The molecule has 4 rings (SSSR count). The van der Waals surface area contributed by atoms with E-state index in [1.807, 2.05) is 23.6 Å². The lowest BCUT2D eigenvalue weighted by Gasteiger charge is -2.21. The van der Waals surface area contributed by atoms with Gasteiger partial charge in [0.1, 0.15) is 11.5 Å². The Morgan fingerprint density at radius 3 is 3.15 bits per heavy atom. The summed E-state index contributed by atoms with van der Waals surface area (Å²) < 4.78 is 5.83. The minimum absolute atomic E-state index is 0.0994. The van der Waals surface area contributed by atoms with Crippen molar-refractivity contribution in [3.05, 3.63) is 34.5 Å². The first-order valence-corrected chi connectivity index (χ1v) is 7.40. The van der Waals surface area contributed by atoms with Gasteiger partial charge in [-0.2, -0.15) is 0 Å². The molecule has 3 aliphatic heterocycles. The highest BCUT2D eigenvalue weighted by Crippen LogP contribution is 2.52. The van der Waals surface area contributed by atoms with E-state index in [2.05, 4.69) is 0 Å². The van der Waals surface area contributed by atoms with Gasteiger partial charge in [-0.25, -0.2) is 0 Å². The summed E-state index contributed by atoms with van der Waals surface area (Å²) in [6.45, 7) is 0.980. The molecule has 1 spiro atoms. The van der Waals surface area contributed by atoms with Crippen LogP contribution in [0.1, 0.15) is 4.88 Å². The van der Waals surface area contributed by atoms with Gasteiger partial charge in [-0.1, -0.05) is 18.2 Å². The van der Waals surface area contributed by atoms with Crippen LogP contribution in [-0.2, 0) is 20.9 Å². The van der Waals surface area contributed by atoms with Crippen LogP contribution in [0, 0.1) is 11.8 Å². The van der Waals surface area contributed by atoms with Gasteiger partial charge in [-0.3, -0.25) is 9.59 Å². The topological polar surface area (TPSA) is 66.8 Å². The van der Waals surface area contributed by atoms with E-state index in [0.717, 1.165) is 4.88 Å². The number of fused-ring (bicyclic) bond motifs is 1. The molecule has 1 aromatic heterocycles. The zero-order valence-corrected chi connectivity index (χ0v) is 11.4. The molecule has 2 bridgehead atoms. The van der Waals surface area contributed by atoms with Crippen LogP contribution in [0.15, 0.2) is 29.7 Å². The monoisotopic (exact) mass is 291 g/mol. The maximum absolute atomic E-state index is 12.6. The third kappa shape index (κ3) is 1.46. The molecule has 6 heteroatoms. The van der Waals surface area contributed by atoms with E-state index in [0.29, 0.717) is 13.1 Å². The summed E-state index contributed by atoms with van der Waals surface area (Å²) in [5, 5.41) is 11.3. The third-order valence-corrected chi connectivity index (χ3v) is 5.25. The number of ether oxygens (including phenoxy) is 1. The number of hydrogen-bond donors (Lipinski definition) is 1.